The van der Waals surface area contributed by atoms with Crippen LogP contribution in [0.2, 0.25) is 0 Å². The van der Waals surface area contributed by atoms with Crippen LogP contribution in [0.4, 0.5) is 5.69 Å². The van der Waals surface area contributed by atoms with E-state index in [1.807, 2.05) is 48.9 Å². The number of carbonyl (C=O) groups is 3. The van der Waals surface area contributed by atoms with Crippen LogP contribution >= 0.6 is 0 Å². The third-order valence-corrected chi connectivity index (χ3v) is 6.19. The van der Waals surface area contributed by atoms with Crippen molar-refractivity contribution in [2.45, 2.75) is 52.6 Å². The predicted octanol–water partition coefficient (Wildman–Crippen LogP) is 3.36. The number of amides is 2. The van der Waals surface area contributed by atoms with Crippen LogP contribution in [0, 0.1) is 6.92 Å². The number of carbonyl (C=O) groups excluding carboxylic acids is 3. The lowest BCUT2D eigenvalue weighted by Gasteiger charge is -2.18. The Morgan fingerprint density at radius 1 is 1.14 bits per heavy atom. The quantitative estimate of drug-likeness (QED) is 0.184. The Morgan fingerprint density at radius 3 is 2.61 bits per heavy atom. The Labute approximate surface area is 211 Å². The number of nitrogens with zero attached hydrogens (tertiary/aromatic N) is 1. The maximum Gasteiger partial charge on any atom is 0.305 e. The molecule has 36 heavy (non-hydrogen) atoms. The molecule has 0 bridgehead atoms. The lowest BCUT2D eigenvalue weighted by atomic mass is 10.0. The molecule has 0 radical (unpaired) electrons. The molecule has 3 rings (SSSR count). The second-order valence-corrected chi connectivity index (χ2v) is 8.73. The average Bonchev–Trinajstić information content (AvgIpc) is 3.20. The highest BCUT2D eigenvalue weighted by Gasteiger charge is 2.20. The Hall–Kier alpha value is -3.69. The monoisotopic (exact) mass is 493 g/mol. The maximum atomic E-state index is 13.4. The van der Waals surface area contributed by atoms with Crippen LogP contribution in [0.25, 0.3) is 10.9 Å². The van der Waals surface area contributed by atoms with E-state index in [1.54, 1.807) is 26.1 Å². The second-order valence-electron chi connectivity index (χ2n) is 8.73. The van der Waals surface area contributed by atoms with Gasteiger partial charge >= 0.3 is 5.97 Å². The number of hydrogen-bond donors (Lipinski definition) is 4. The van der Waals surface area contributed by atoms with Gasteiger partial charge in [-0.1, -0.05) is 18.2 Å². The normalized spacial score (nSPS) is 11.8. The number of anilines is 1. The molecule has 192 valence electrons. The van der Waals surface area contributed by atoms with Gasteiger partial charge in [0.1, 0.15) is 6.04 Å². The van der Waals surface area contributed by atoms with Gasteiger partial charge in [0, 0.05) is 48.4 Å². The zero-order valence-corrected chi connectivity index (χ0v) is 21.3. The molecule has 9 heteroatoms. The van der Waals surface area contributed by atoms with Gasteiger partial charge in [0.05, 0.1) is 6.61 Å². The lowest BCUT2D eigenvalue weighted by Crippen LogP contribution is -2.25. The van der Waals surface area contributed by atoms with Crippen molar-refractivity contribution < 1.29 is 19.1 Å². The van der Waals surface area contributed by atoms with Gasteiger partial charge in [0.25, 0.3) is 5.91 Å². The summed E-state index contributed by atoms with van der Waals surface area (Å²) in [4.78, 5) is 37.3. The Balaban J connectivity index is 1.85. The van der Waals surface area contributed by atoms with E-state index in [0.29, 0.717) is 43.7 Å². The van der Waals surface area contributed by atoms with E-state index >= 15 is 0 Å². The van der Waals surface area contributed by atoms with Gasteiger partial charge in [0.2, 0.25) is 5.91 Å². The number of rotatable bonds is 11. The van der Waals surface area contributed by atoms with Crippen LogP contribution < -0.4 is 21.9 Å². The summed E-state index contributed by atoms with van der Waals surface area (Å²) in [5.41, 5.74) is 7.53. The molecule has 2 amide bonds. The van der Waals surface area contributed by atoms with Crippen molar-refractivity contribution in [3.05, 3.63) is 64.8 Å². The summed E-state index contributed by atoms with van der Waals surface area (Å²) in [7, 11) is 1.59. The van der Waals surface area contributed by atoms with Crippen LogP contribution in [-0.4, -0.2) is 36.0 Å². The van der Waals surface area contributed by atoms with E-state index in [9.17, 15) is 14.4 Å². The van der Waals surface area contributed by atoms with Crippen molar-refractivity contribution in [2.24, 2.45) is 5.84 Å². The van der Waals surface area contributed by atoms with Crippen molar-refractivity contribution in [3.8, 4) is 0 Å². The molecule has 1 atom stereocenters. The summed E-state index contributed by atoms with van der Waals surface area (Å²) in [5, 5.41) is 6.69. The fraction of sp³-hybridized carbons (Fsp3) is 0.370. The number of fused-ring (bicyclic) bond motifs is 1. The van der Waals surface area contributed by atoms with Gasteiger partial charge in [-0.15, -0.1) is 0 Å². The van der Waals surface area contributed by atoms with E-state index in [-0.39, 0.29) is 17.8 Å². The van der Waals surface area contributed by atoms with E-state index < -0.39 is 6.04 Å². The molecule has 2 aromatic carbocycles. The van der Waals surface area contributed by atoms with Crippen molar-refractivity contribution in [2.75, 3.05) is 19.0 Å². The van der Waals surface area contributed by atoms with Crippen molar-refractivity contribution in [1.29, 1.82) is 0 Å². The van der Waals surface area contributed by atoms with Crippen LogP contribution in [0.1, 0.15) is 59.8 Å². The second kappa shape index (κ2) is 12.3. The van der Waals surface area contributed by atoms with E-state index in [4.69, 9.17) is 10.6 Å². The van der Waals surface area contributed by atoms with Gasteiger partial charge in [-0.3, -0.25) is 25.7 Å². The van der Waals surface area contributed by atoms with Gasteiger partial charge in [-0.05, 0) is 68.5 Å². The fourth-order valence-electron chi connectivity index (χ4n) is 4.24. The molecular weight excluding hydrogens is 458 g/mol. The first-order chi connectivity index (χ1) is 17.3. The molecule has 0 aliphatic carbocycles. The number of nitrogens with two attached hydrogens (primary N) is 1. The third-order valence-electron chi connectivity index (χ3n) is 6.19. The molecule has 0 fully saturated rings. The van der Waals surface area contributed by atoms with Crippen molar-refractivity contribution in [3.63, 3.8) is 0 Å². The van der Waals surface area contributed by atoms with Gasteiger partial charge in [0.15, 0.2) is 0 Å². The molecule has 1 aromatic heterocycles. The maximum absolute atomic E-state index is 13.4. The minimum absolute atomic E-state index is 0.183. The largest absolute Gasteiger partial charge is 0.466 e. The van der Waals surface area contributed by atoms with Crippen LogP contribution in [-0.2, 0) is 27.3 Å². The van der Waals surface area contributed by atoms with Crippen LogP contribution in [0.3, 0.4) is 0 Å². The average molecular weight is 494 g/mol. The van der Waals surface area contributed by atoms with E-state index in [1.165, 1.54) is 0 Å². The number of aromatic nitrogens is 1. The highest BCUT2D eigenvalue weighted by Crippen LogP contribution is 2.27. The Bertz CT molecular complexity index is 1250. The third kappa shape index (κ3) is 6.30. The molecule has 0 aliphatic rings. The highest BCUT2D eigenvalue weighted by molar-refractivity contribution is 6.00. The number of esters is 1. The topological polar surface area (TPSA) is 127 Å². The first-order valence-corrected chi connectivity index (χ1v) is 12.1. The minimum atomic E-state index is -0.537. The molecule has 9 nitrogen and oxygen atoms in total. The van der Waals surface area contributed by atoms with Crippen LogP contribution in [0.5, 0.6) is 0 Å². The van der Waals surface area contributed by atoms with Gasteiger partial charge in [-0.25, -0.2) is 0 Å². The van der Waals surface area contributed by atoms with E-state index in [0.717, 1.165) is 27.6 Å². The molecule has 0 spiro atoms. The molecule has 0 saturated heterocycles. The molecule has 0 saturated carbocycles. The SMILES string of the molecule is CCOC(=O)CCCc1ccc(CNN)cc1NC(=O)C(C)n1cc(C)c2ccc(C(=O)NC)cc21. The Morgan fingerprint density at radius 2 is 1.92 bits per heavy atom. The number of aryl methyl sites for hydroxylation is 2. The number of hydrogen-bond acceptors (Lipinski definition) is 6. The zero-order chi connectivity index (χ0) is 26.2. The fourth-order valence-corrected chi connectivity index (χ4v) is 4.24. The Kier molecular flexibility index (Phi) is 9.21. The lowest BCUT2D eigenvalue weighted by molar-refractivity contribution is -0.143. The summed E-state index contributed by atoms with van der Waals surface area (Å²) in [6, 6.07) is 10.7. The van der Waals surface area contributed by atoms with Crippen molar-refractivity contribution >= 4 is 34.4 Å². The van der Waals surface area contributed by atoms with E-state index in [2.05, 4.69) is 16.1 Å². The van der Waals surface area contributed by atoms with Gasteiger partial charge < -0.3 is 19.9 Å². The summed E-state index contributed by atoms with van der Waals surface area (Å²) >= 11 is 0. The molecule has 0 aliphatic heterocycles. The molecule has 1 unspecified atom stereocenters. The number of nitrogens with one attached hydrogen (secondary N) is 3. The molecular formula is C27H35N5O4. The van der Waals surface area contributed by atoms with Crippen molar-refractivity contribution in [1.82, 2.24) is 15.3 Å². The first-order valence-electron chi connectivity index (χ1n) is 12.1. The molecule has 3 aromatic rings. The predicted molar refractivity (Wildman–Crippen MR) is 140 cm³/mol. The number of benzene rings is 2. The van der Waals surface area contributed by atoms with Crippen LogP contribution in [0.15, 0.2) is 42.6 Å². The summed E-state index contributed by atoms with van der Waals surface area (Å²) < 4.78 is 6.90. The standard InChI is InChI=1S/C27H35N5O4/c1-5-36-25(33)8-6-7-20-10-9-19(15-30-28)13-23(20)31-26(34)18(3)32-16-17(2)22-12-11-21(14-24(22)32)27(35)29-4/h9-14,16,18,30H,5-8,15,28H2,1-4H3,(H,29,35)(H,31,34). The summed E-state index contributed by atoms with van der Waals surface area (Å²) in [6.45, 7) is 6.40. The number of hydrazine groups is 1. The smallest absolute Gasteiger partial charge is 0.305 e. The number of ether oxygens (including phenoxy) is 1. The minimum Gasteiger partial charge on any atom is -0.466 e. The summed E-state index contributed by atoms with van der Waals surface area (Å²) in [6.07, 6.45) is 3.46. The highest BCUT2D eigenvalue weighted by atomic mass is 16.5. The molecule has 5 N–H and O–H groups in total. The first kappa shape index (κ1) is 26.9. The summed E-state index contributed by atoms with van der Waals surface area (Å²) in [5.74, 6) is 4.89. The molecule has 1 heterocycles. The van der Waals surface area contributed by atoms with Gasteiger partial charge in [-0.2, -0.15) is 0 Å². The zero-order valence-electron chi connectivity index (χ0n) is 21.3.